The molecular weight excluding hydrogens is 224 g/mol. The minimum Gasteiger partial charge on any atom is -0.381 e. The van der Waals surface area contributed by atoms with Crippen LogP contribution in [0.4, 0.5) is 5.69 Å². The molecule has 0 unspecified atom stereocenters. The average Bonchev–Trinajstić information content (AvgIpc) is 2.38. The Morgan fingerprint density at radius 1 is 1.17 bits per heavy atom. The SMILES string of the molecule is Cc1ccc(CNc2cccc(C(N)=O)c2)cc1. The van der Waals surface area contributed by atoms with Crippen molar-refractivity contribution in [3.63, 3.8) is 0 Å². The van der Waals surface area contributed by atoms with Crippen LogP contribution in [0.3, 0.4) is 0 Å². The zero-order valence-corrected chi connectivity index (χ0v) is 10.3. The third-order valence-corrected chi connectivity index (χ3v) is 2.76. The number of carbonyl (C=O) groups excluding carboxylic acids is 1. The number of anilines is 1. The quantitative estimate of drug-likeness (QED) is 0.863. The van der Waals surface area contributed by atoms with E-state index >= 15 is 0 Å². The summed E-state index contributed by atoms with van der Waals surface area (Å²) in [4.78, 5) is 11.1. The molecule has 3 N–H and O–H groups in total. The highest BCUT2D eigenvalue weighted by Crippen LogP contribution is 2.12. The van der Waals surface area contributed by atoms with Crippen molar-refractivity contribution in [3.8, 4) is 0 Å². The van der Waals surface area contributed by atoms with Crippen LogP contribution in [0, 0.1) is 6.92 Å². The molecule has 2 aromatic rings. The summed E-state index contributed by atoms with van der Waals surface area (Å²) in [6.07, 6.45) is 0. The Hall–Kier alpha value is -2.29. The first-order chi connectivity index (χ1) is 8.65. The summed E-state index contributed by atoms with van der Waals surface area (Å²) in [6.45, 7) is 2.79. The molecule has 0 bridgehead atoms. The van der Waals surface area contributed by atoms with E-state index in [4.69, 9.17) is 5.73 Å². The number of hydrogen-bond donors (Lipinski definition) is 2. The maximum absolute atomic E-state index is 11.1. The van der Waals surface area contributed by atoms with E-state index in [2.05, 4.69) is 36.5 Å². The van der Waals surface area contributed by atoms with Gasteiger partial charge in [0.1, 0.15) is 0 Å². The second-order valence-electron chi connectivity index (χ2n) is 4.28. The summed E-state index contributed by atoms with van der Waals surface area (Å²) in [6, 6.07) is 15.5. The highest BCUT2D eigenvalue weighted by atomic mass is 16.1. The van der Waals surface area contributed by atoms with E-state index in [0.717, 1.165) is 12.2 Å². The van der Waals surface area contributed by atoms with Gasteiger partial charge in [0.2, 0.25) is 5.91 Å². The molecule has 0 atom stereocenters. The van der Waals surface area contributed by atoms with Gasteiger partial charge < -0.3 is 11.1 Å². The van der Waals surface area contributed by atoms with Crippen LogP contribution in [0.25, 0.3) is 0 Å². The first kappa shape index (κ1) is 12.2. The van der Waals surface area contributed by atoms with E-state index in [9.17, 15) is 4.79 Å². The first-order valence-corrected chi connectivity index (χ1v) is 5.84. The van der Waals surface area contributed by atoms with Crippen molar-refractivity contribution >= 4 is 11.6 Å². The van der Waals surface area contributed by atoms with Crippen LogP contribution in [-0.4, -0.2) is 5.91 Å². The van der Waals surface area contributed by atoms with E-state index in [1.165, 1.54) is 11.1 Å². The highest BCUT2D eigenvalue weighted by molar-refractivity contribution is 5.93. The molecule has 2 aromatic carbocycles. The lowest BCUT2D eigenvalue weighted by Gasteiger charge is -2.07. The fourth-order valence-electron chi connectivity index (χ4n) is 1.69. The summed E-state index contributed by atoms with van der Waals surface area (Å²) in [5.74, 6) is -0.408. The molecule has 0 fully saturated rings. The number of rotatable bonds is 4. The summed E-state index contributed by atoms with van der Waals surface area (Å²) in [5, 5.41) is 3.27. The predicted octanol–water partition coefficient (Wildman–Crippen LogP) is 2.71. The van der Waals surface area contributed by atoms with E-state index < -0.39 is 5.91 Å². The van der Waals surface area contributed by atoms with Crippen molar-refractivity contribution in [3.05, 3.63) is 65.2 Å². The molecule has 18 heavy (non-hydrogen) atoms. The summed E-state index contributed by atoms with van der Waals surface area (Å²) < 4.78 is 0. The second-order valence-corrected chi connectivity index (χ2v) is 4.28. The van der Waals surface area contributed by atoms with E-state index in [1.807, 2.05) is 12.1 Å². The fourth-order valence-corrected chi connectivity index (χ4v) is 1.69. The van der Waals surface area contributed by atoms with Crippen molar-refractivity contribution in [2.45, 2.75) is 13.5 Å². The number of primary amides is 1. The zero-order valence-electron chi connectivity index (χ0n) is 10.3. The van der Waals surface area contributed by atoms with Gasteiger partial charge in [-0.3, -0.25) is 4.79 Å². The molecule has 3 heteroatoms. The van der Waals surface area contributed by atoms with Gasteiger partial charge in [-0.25, -0.2) is 0 Å². The van der Waals surface area contributed by atoms with Gasteiger partial charge >= 0.3 is 0 Å². The molecule has 0 spiro atoms. The third kappa shape index (κ3) is 3.10. The predicted molar refractivity (Wildman–Crippen MR) is 73.5 cm³/mol. The summed E-state index contributed by atoms with van der Waals surface area (Å²) in [5.41, 5.74) is 9.10. The minimum atomic E-state index is -0.408. The Bertz CT molecular complexity index is 547. The lowest BCUT2D eigenvalue weighted by molar-refractivity contribution is 0.100. The molecule has 0 heterocycles. The Balaban J connectivity index is 2.04. The van der Waals surface area contributed by atoms with Crippen LogP contribution in [0.1, 0.15) is 21.5 Å². The van der Waals surface area contributed by atoms with Gasteiger partial charge in [-0.05, 0) is 30.7 Å². The number of hydrogen-bond acceptors (Lipinski definition) is 2. The summed E-state index contributed by atoms with van der Waals surface area (Å²) >= 11 is 0. The molecule has 0 aliphatic rings. The monoisotopic (exact) mass is 240 g/mol. The number of amides is 1. The number of carbonyl (C=O) groups is 1. The van der Waals surface area contributed by atoms with Gasteiger partial charge in [0.25, 0.3) is 0 Å². The molecule has 0 saturated carbocycles. The van der Waals surface area contributed by atoms with Gasteiger partial charge in [-0.15, -0.1) is 0 Å². The Kier molecular flexibility index (Phi) is 3.63. The Labute approximate surface area is 107 Å². The Morgan fingerprint density at radius 2 is 1.89 bits per heavy atom. The molecule has 1 amide bonds. The first-order valence-electron chi connectivity index (χ1n) is 5.84. The molecule has 3 nitrogen and oxygen atoms in total. The normalized spacial score (nSPS) is 10.1. The maximum atomic E-state index is 11.1. The lowest BCUT2D eigenvalue weighted by atomic mass is 10.1. The molecule has 0 saturated heterocycles. The lowest BCUT2D eigenvalue weighted by Crippen LogP contribution is -2.11. The van der Waals surface area contributed by atoms with Crippen molar-refractivity contribution in [2.75, 3.05) is 5.32 Å². The molecular formula is C15H16N2O. The third-order valence-electron chi connectivity index (χ3n) is 2.76. The molecule has 0 radical (unpaired) electrons. The number of aryl methyl sites for hydroxylation is 1. The Morgan fingerprint density at radius 3 is 2.56 bits per heavy atom. The number of nitrogens with two attached hydrogens (primary N) is 1. The van der Waals surface area contributed by atoms with E-state index in [0.29, 0.717) is 5.56 Å². The summed E-state index contributed by atoms with van der Waals surface area (Å²) in [7, 11) is 0. The molecule has 0 aliphatic carbocycles. The van der Waals surface area contributed by atoms with Gasteiger partial charge in [0.15, 0.2) is 0 Å². The van der Waals surface area contributed by atoms with Crippen molar-refractivity contribution in [1.82, 2.24) is 0 Å². The molecule has 0 aromatic heterocycles. The van der Waals surface area contributed by atoms with E-state index in [-0.39, 0.29) is 0 Å². The van der Waals surface area contributed by atoms with E-state index in [1.54, 1.807) is 12.1 Å². The van der Waals surface area contributed by atoms with Crippen molar-refractivity contribution in [2.24, 2.45) is 5.73 Å². The second kappa shape index (κ2) is 5.36. The highest BCUT2D eigenvalue weighted by Gasteiger charge is 2.00. The smallest absolute Gasteiger partial charge is 0.248 e. The molecule has 2 rings (SSSR count). The van der Waals surface area contributed by atoms with Crippen molar-refractivity contribution in [1.29, 1.82) is 0 Å². The topological polar surface area (TPSA) is 55.1 Å². The van der Waals surface area contributed by atoms with Crippen LogP contribution in [0.2, 0.25) is 0 Å². The zero-order chi connectivity index (χ0) is 13.0. The van der Waals surface area contributed by atoms with Crippen LogP contribution < -0.4 is 11.1 Å². The number of benzene rings is 2. The molecule has 0 aliphatic heterocycles. The largest absolute Gasteiger partial charge is 0.381 e. The number of nitrogens with one attached hydrogen (secondary N) is 1. The van der Waals surface area contributed by atoms with Crippen LogP contribution in [0.15, 0.2) is 48.5 Å². The minimum absolute atomic E-state index is 0.408. The standard InChI is InChI=1S/C15H16N2O/c1-11-5-7-12(8-6-11)10-17-14-4-2-3-13(9-14)15(16)18/h2-9,17H,10H2,1H3,(H2,16,18). The fraction of sp³-hybridized carbons (Fsp3) is 0.133. The van der Waals surface area contributed by atoms with Crippen molar-refractivity contribution < 1.29 is 4.79 Å². The van der Waals surface area contributed by atoms with Gasteiger partial charge in [-0.1, -0.05) is 35.9 Å². The maximum Gasteiger partial charge on any atom is 0.248 e. The van der Waals surface area contributed by atoms with Crippen LogP contribution in [0.5, 0.6) is 0 Å². The van der Waals surface area contributed by atoms with Crippen LogP contribution in [-0.2, 0) is 6.54 Å². The van der Waals surface area contributed by atoms with Gasteiger partial charge in [0.05, 0.1) is 0 Å². The van der Waals surface area contributed by atoms with Gasteiger partial charge in [0, 0.05) is 17.8 Å². The molecule has 92 valence electrons. The van der Waals surface area contributed by atoms with Crippen LogP contribution >= 0.6 is 0 Å². The van der Waals surface area contributed by atoms with Gasteiger partial charge in [-0.2, -0.15) is 0 Å². The average molecular weight is 240 g/mol.